The summed E-state index contributed by atoms with van der Waals surface area (Å²) in [6, 6.07) is 14.0. The minimum atomic E-state index is -0.959. The van der Waals surface area contributed by atoms with E-state index in [1.54, 1.807) is 12.3 Å². The van der Waals surface area contributed by atoms with E-state index in [9.17, 15) is 4.79 Å². The maximum Gasteiger partial charge on any atom is 0.320 e. The molecule has 19 heavy (non-hydrogen) atoms. The van der Waals surface area contributed by atoms with E-state index in [0.29, 0.717) is 12.2 Å². The molecule has 2 aromatic rings. The molecule has 1 aromatic heterocycles. The molecule has 0 bridgehead atoms. The highest BCUT2D eigenvalue weighted by atomic mass is 16.4. The number of hydrogen-bond acceptors (Lipinski definition) is 4. The Hall–Kier alpha value is -2.40. The monoisotopic (exact) mass is 259 g/mol. The van der Waals surface area contributed by atoms with Crippen molar-refractivity contribution in [1.82, 2.24) is 4.98 Å². The van der Waals surface area contributed by atoms with Gasteiger partial charge in [0.25, 0.3) is 0 Å². The first kappa shape index (κ1) is 14.7. The van der Waals surface area contributed by atoms with Gasteiger partial charge in [0.1, 0.15) is 11.9 Å². The average molecular weight is 259 g/mol. The van der Waals surface area contributed by atoms with Crippen LogP contribution >= 0.6 is 0 Å². The van der Waals surface area contributed by atoms with Crippen molar-refractivity contribution in [2.45, 2.75) is 12.5 Å². The number of carboxylic acid groups (broad SMARTS) is 1. The Kier molecular flexibility index (Phi) is 6.05. The van der Waals surface area contributed by atoms with Gasteiger partial charge in [0, 0.05) is 6.20 Å². The number of carboxylic acids is 1. The molecule has 0 amide bonds. The molecule has 0 radical (unpaired) electrons. The number of aromatic nitrogens is 1. The summed E-state index contributed by atoms with van der Waals surface area (Å²) >= 11 is 0. The number of hydrogen-bond donors (Lipinski definition) is 3. The van der Waals surface area contributed by atoms with Crippen molar-refractivity contribution in [2.75, 3.05) is 5.73 Å². The first-order valence-electron chi connectivity index (χ1n) is 5.78. The van der Waals surface area contributed by atoms with Crippen LogP contribution in [0.5, 0.6) is 0 Å². The third kappa shape index (κ3) is 6.18. The Balaban J connectivity index is 0.000000218. The molecule has 1 aromatic carbocycles. The molecule has 0 unspecified atom stereocenters. The predicted octanol–water partition coefficient (Wildman–Crippen LogP) is 1.30. The molecule has 0 aliphatic rings. The van der Waals surface area contributed by atoms with Crippen molar-refractivity contribution in [1.29, 1.82) is 0 Å². The van der Waals surface area contributed by atoms with Gasteiger partial charge in [-0.2, -0.15) is 0 Å². The van der Waals surface area contributed by atoms with E-state index in [4.69, 9.17) is 16.6 Å². The number of pyridine rings is 1. The van der Waals surface area contributed by atoms with Gasteiger partial charge in [-0.25, -0.2) is 4.98 Å². The first-order chi connectivity index (χ1) is 9.09. The summed E-state index contributed by atoms with van der Waals surface area (Å²) < 4.78 is 0. The number of aliphatic carboxylic acids is 1. The van der Waals surface area contributed by atoms with Gasteiger partial charge < -0.3 is 16.6 Å². The standard InChI is InChI=1S/C9H11NO2.C5H6N2/c10-8(9(11)12)6-7-4-2-1-3-5-7;6-5-3-1-2-4-7-5/h1-5,8H,6,10H2,(H,11,12);1-4H,(H2,6,7)/t8-;/m0./s1. The Morgan fingerprint density at radius 2 is 1.79 bits per heavy atom. The van der Waals surface area contributed by atoms with E-state index < -0.39 is 12.0 Å². The zero-order valence-electron chi connectivity index (χ0n) is 10.4. The number of nitrogens with zero attached hydrogens (tertiary/aromatic N) is 1. The molecule has 1 heterocycles. The number of rotatable bonds is 3. The van der Waals surface area contributed by atoms with Crippen LogP contribution in [-0.4, -0.2) is 22.1 Å². The van der Waals surface area contributed by atoms with Crippen molar-refractivity contribution in [3.63, 3.8) is 0 Å². The summed E-state index contributed by atoms with van der Waals surface area (Å²) in [5, 5.41) is 8.52. The quantitative estimate of drug-likeness (QED) is 0.771. The van der Waals surface area contributed by atoms with Gasteiger partial charge in [-0.05, 0) is 24.1 Å². The molecule has 2 rings (SSSR count). The normalized spacial score (nSPS) is 11.0. The number of benzene rings is 1. The number of carbonyl (C=O) groups is 1. The molecular weight excluding hydrogens is 242 g/mol. The third-order valence-electron chi connectivity index (χ3n) is 2.30. The molecule has 0 saturated carbocycles. The summed E-state index contributed by atoms with van der Waals surface area (Å²) in [7, 11) is 0. The molecule has 1 atom stereocenters. The Labute approximate surface area is 111 Å². The second-order valence-corrected chi connectivity index (χ2v) is 3.89. The van der Waals surface area contributed by atoms with Crippen LogP contribution in [0.1, 0.15) is 5.56 Å². The SMILES string of the molecule is N[C@@H](Cc1ccccc1)C(=O)O.Nc1ccccn1. The fourth-order valence-corrected chi connectivity index (χ4v) is 1.33. The van der Waals surface area contributed by atoms with Crippen LogP contribution in [-0.2, 0) is 11.2 Å². The largest absolute Gasteiger partial charge is 0.480 e. The molecule has 0 aliphatic carbocycles. The summed E-state index contributed by atoms with van der Waals surface area (Å²) in [4.78, 5) is 14.1. The Morgan fingerprint density at radius 3 is 2.21 bits per heavy atom. The summed E-state index contributed by atoms with van der Waals surface area (Å²) in [6.45, 7) is 0. The zero-order valence-corrected chi connectivity index (χ0v) is 10.4. The van der Waals surface area contributed by atoms with Crippen molar-refractivity contribution in [3.05, 3.63) is 60.3 Å². The molecule has 0 saturated heterocycles. The Morgan fingerprint density at radius 1 is 1.16 bits per heavy atom. The lowest BCUT2D eigenvalue weighted by Crippen LogP contribution is -2.32. The lowest BCUT2D eigenvalue weighted by Gasteiger charge is -2.04. The van der Waals surface area contributed by atoms with Gasteiger partial charge in [0.2, 0.25) is 0 Å². The van der Waals surface area contributed by atoms with Crippen LogP contribution in [0, 0.1) is 0 Å². The van der Waals surface area contributed by atoms with E-state index in [1.807, 2.05) is 42.5 Å². The first-order valence-corrected chi connectivity index (χ1v) is 5.78. The smallest absolute Gasteiger partial charge is 0.320 e. The number of anilines is 1. The molecule has 0 fully saturated rings. The summed E-state index contributed by atoms with van der Waals surface area (Å²) in [5.74, 6) is -0.388. The number of nitrogen functional groups attached to an aromatic ring is 1. The highest BCUT2D eigenvalue weighted by Crippen LogP contribution is 2.01. The van der Waals surface area contributed by atoms with Crippen molar-refractivity contribution in [2.24, 2.45) is 5.73 Å². The Bertz CT molecular complexity index is 489. The minimum absolute atomic E-state index is 0.385. The second kappa shape index (κ2) is 7.84. The van der Waals surface area contributed by atoms with E-state index in [2.05, 4.69) is 4.98 Å². The molecule has 0 aliphatic heterocycles. The molecule has 5 N–H and O–H groups in total. The van der Waals surface area contributed by atoms with Gasteiger partial charge in [-0.15, -0.1) is 0 Å². The minimum Gasteiger partial charge on any atom is -0.480 e. The highest BCUT2D eigenvalue weighted by Gasteiger charge is 2.10. The van der Waals surface area contributed by atoms with Crippen LogP contribution in [0.15, 0.2) is 54.7 Å². The fraction of sp³-hybridized carbons (Fsp3) is 0.143. The van der Waals surface area contributed by atoms with Crippen LogP contribution in [0.4, 0.5) is 5.82 Å². The van der Waals surface area contributed by atoms with Crippen molar-refractivity contribution in [3.8, 4) is 0 Å². The van der Waals surface area contributed by atoms with E-state index in [-0.39, 0.29) is 0 Å². The molecule has 0 spiro atoms. The van der Waals surface area contributed by atoms with Crippen LogP contribution < -0.4 is 11.5 Å². The lowest BCUT2D eigenvalue weighted by atomic mass is 10.1. The van der Waals surface area contributed by atoms with E-state index in [0.717, 1.165) is 5.56 Å². The highest BCUT2D eigenvalue weighted by molar-refractivity contribution is 5.73. The summed E-state index contributed by atoms with van der Waals surface area (Å²) in [6.07, 6.45) is 2.05. The lowest BCUT2D eigenvalue weighted by molar-refractivity contribution is -0.138. The number of nitrogens with two attached hydrogens (primary N) is 2. The molecule has 100 valence electrons. The summed E-state index contributed by atoms with van der Waals surface area (Å²) in [5.41, 5.74) is 11.5. The topological polar surface area (TPSA) is 102 Å². The van der Waals surface area contributed by atoms with Crippen LogP contribution in [0.25, 0.3) is 0 Å². The van der Waals surface area contributed by atoms with Crippen molar-refractivity contribution < 1.29 is 9.90 Å². The molecule has 5 heteroatoms. The molecule has 5 nitrogen and oxygen atoms in total. The maximum atomic E-state index is 10.4. The van der Waals surface area contributed by atoms with Gasteiger partial charge in [0.15, 0.2) is 0 Å². The van der Waals surface area contributed by atoms with Gasteiger partial charge >= 0.3 is 5.97 Å². The van der Waals surface area contributed by atoms with Crippen LogP contribution in [0.2, 0.25) is 0 Å². The second-order valence-electron chi connectivity index (χ2n) is 3.89. The maximum absolute atomic E-state index is 10.4. The van der Waals surface area contributed by atoms with E-state index in [1.165, 1.54) is 0 Å². The average Bonchev–Trinajstić information content (AvgIpc) is 2.41. The third-order valence-corrected chi connectivity index (χ3v) is 2.30. The van der Waals surface area contributed by atoms with E-state index >= 15 is 0 Å². The fourth-order valence-electron chi connectivity index (χ4n) is 1.33. The van der Waals surface area contributed by atoms with Gasteiger partial charge in [0.05, 0.1) is 0 Å². The van der Waals surface area contributed by atoms with Crippen LogP contribution in [0.3, 0.4) is 0 Å². The van der Waals surface area contributed by atoms with Crippen molar-refractivity contribution >= 4 is 11.8 Å². The molecular formula is C14H17N3O2. The van der Waals surface area contributed by atoms with Gasteiger partial charge in [-0.3, -0.25) is 4.79 Å². The predicted molar refractivity (Wildman–Crippen MR) is 74.4 cm³/mol. The zero-order chi connectivity index (χ0) is 14.1. The van der Waals surface area contributed by atoms with Gasteiger partial charge in [-0.1, -0.05) is 36.4 Å².